The zero-order valence-electron chi connectivity index (χ0n) is 49.3. The molecule has 0 aliphatic carbocycles. The van der Waals surface area contributed by atoms with Gasteiger partial charge < -0.3 is 40.5 Å². The van der Waals surface area contributed by atoms with Crippen molar-refractivity contribution in [1.82, 2.24) is 34.6 Å². The lowest BCUT2D eigenvalue weighted by atomic mass is 9.82. The van der Waals surface area contributed by atoms with Gasteiger partial charge >= 0.3 is 5.97 Å². The minimum atomic E-state index is -1.08. The van der Waals surface area contributed by atoms with E-state index in [1.54, 1.807) is 41.3 Å². The minimum absolute atomic E-state index is 0.106. The first kappa shape index (κ1) is 58.2. The van der Waals surface area contributed by atoms with Crippen LogP contribution in [-0.4, -0.2) is 126 Å². The van der Waals surface area contributed by atoms with E-state index in [4.69, 9.17) is 26.9 Å². The second-order valence-corrected chi connectivity index (χ2v) is 24.9. The fraction of sp³-hybridized carbons (Fsp3) is 0.364. The molecule has 13 rings (SSSR count). The van der Waals surface area contributed by atoms with Crippen molar-refractivity contribution in [2.24, 2.45) is 5.11 Å². The van der Waals surface area contributed by atoms with Gasteiger partial charge in [0.05, 0.1) is 34.6 Å². The Labute approximate surface area is 518 Å². The van der Waals surface area contributed by atoms with Crippen molar-refractivity contribution in [2.45, 2.75) is 84.6 Å². The highest BCUT2D eigenvalue weighted by molar-refractivity contribution is 7.17. The molecule has 22 heteroatoms. The Morgan fingerprint density at radius 2 is 1.61 bits per heavy atom. The van der Waals surface area contributed by atoms with Crippen LogP contribution < -0.4 is 45.6 Å². The maximum atomic E-state index is 14.6. The molecule has 8 heterocycles. The zero-order chi connectivity index (χ0) is 60.6. The summed E-state index contributed by atoms with van der Waals surface area (Å²) < 4.78 is 9.85. The summed E-state index contributed by atoms with van der Waals surface area (Å²) in [5, 5.41) is 27.1. The van der Waals surface area contributed by atoms with Gasteiger partial charge in [0.2, 0.25) is 11.3 Å². The normalized spacial score (nSPS) is 15.9. The predicted molar refractivity (Wildman–Crippen MR) is 341 cm³/mol. The molecule has 2 aromatic heterocycles. The number of hydrogen-bond acceptors (Lipinski definition) is 14. The summed E-state index contributed by atoms with van der Waals surface area (Å²) in [6, 6.07) is 23.7. The van der Waals surface area contributed by atoms with E-state index in [1.807, 2.05) is 44.2 Å². The van der Waals surface area contributed by atoms with Crippen molar-refractivity contribution in [3.63, 3.8) is 0 Å². The van der Waals surface area contributed by atoms with Gasteiger partial charge in [-0.1, -0.05) is 64.5 Å². The molecule has 0 bridgehead atoms. The molecule has 1 fully saturated rings. The molecular formula is C66H68ClN14O6S+. The minimum Gasteiger partial charge on any atom is -0.478 e. The molecule has 4 N–H and O–H groups in total. The van der Waals surface area contributed by atoms with Gasteiger partial charge in [-0.3, -0.25) is 19.3 Å². The monoisotopic (exact) mass is 1220 g/mol. The molecule has 1 saturated heterocycles. The van der Waals surface area contributed by atoms with Crippen LogP contribution >= 0.6 is 22.9 Å². The Balaban J connectivity index is 0.733. The van der Waals surface area contributed by atoms with Crippen molar-refractivity contribution in [3.8, 4) is 11.5 Å². The molecule has 6 aliphatic heterocycles. The van der Waals surface area contributed by atoms with E-state index in [2.05, 4.69) is 67.4 Å². The fourth-order valence-electron chi connectivity index (χ4n) is 13.6. The third kappa shape index (κ3) is 11.9. The van der Waals surface area contributed by atoms with Crippen molar-refractivity contribution < 1.29 is 29.0 Å². The van der Waals surface area contributed by atoms with Crippen molar-refractivity contribution in [1.29, 1.82) is 0 Å². The van der Waals surface area contributed by atoms with Crippen LogP contribution in [0, 0.1) is 13.8 Å². The van der Waals surface area contributed by atoms with E-state index < -0.39 is 11.9 Å². The number of piperazine rings is 1. The Hall–Kier alpha value is -8.88. The number of rotatable bonds is 16. The second kappa shape index (κ2) is 25.1. The number of para-hydroxylation sites is 1. The number of amides is 3. The highest BCUT2D eigenvalue weighted by Gasteiger charge is 2.37. The average molecular weight is 1220 g/mol. The number of carboxylic acids is 1. The van der Waals surface area contributed by atoms with Crippen LogP contribution in [0.4, 0.5) is 33.8 Å². The quantitative estimate of drug-likeness (QED) is 0.0306. The second-order valence-electron chi connectivity index (χ2n) is 23.5. The zero-order valence-corrected chi connectivity index (χ0v) is 50.9. The third-order valence-corrected chi connectivity index (χ3v) is 19.0. The molecule has 88 heavy (non-hydrogen) atoms. The molecule has 6 aliphatic rings. The molecule has 5 aromatic carbocycles. The summed E-state index contributed by atoms with van der Waals surface area (Å²) in [6.07, 6.45) is 11.4. The van der Waals surface area contributed by atoms with Gasteiger partial charge in [-0.15, -0.1) is 0 Å². The van der Waals surface area contributed by atoms with Gasteiger partial charge in [0.1, 0.15) is 46.9 Å². The van der Waals surface area contributed by atoms with E-state index in [9.17, 15) is 24.3 Å². The number of benzene rings is 5. The lowest BCUT2D eigenvalue weighted by Gasteiger charge is -2.36. The Morgan fingerprint density at radius 1 is 0.818 bits per heavy atom. The maximum absolute atomic E-state index is 14.6. The standard InChI is InChI=1S/C66H67ClN14O6S/c1-39-10-7-15-52(67)58(39)74-64(84)53-36-70-66(88-53)73-54-35-55(72-40(2)71-54)78-30-28-77(29-31-78)38-56(82)81(37-41-16-19-45(20-17-41)75-76-68)27-22-69-63(83)44-18-21-46(65(85)86)49(34-44)57-50-32-42-11-3-5-23-79-25-8-13-47(59(42)79)61(50)87-62-48-14-9-26-80-24-6-4-12-43(60(48)80)33-51(57)62/h7,10,15-21,32-36H,3-6,8-9,11-14,22-31,37-38H2,1-2H3,(H3-,69,70,71,72,73,74,83,84,85,86)/p+1. The van der Waals surface area contributed by atoms with E-state index in [-0.39, 0.29) is 43.6 Å². The number of nitrogens with one attached hydrogen (secondary N) is 3. The molecule has 450 valence electrons. The summed E-state index contributed by atoms with van der Waals surface area (Å²) in [5.74, 6) is 1.46. The van der Waals surface area contributed by atoms with Crippen molar-refractivity contribution >= 4 is 86.0 Å². The summed E-state index contributed by atoms with van der Waals surface area (Å²) >= 11 is 7.56. The molecule has 0 atom stereocenters. The highest BCUT2D eigenvalue weighted by atomic mass is 35.5. The van der Waals surface area contributed by atoms with Gasteiger partial charge in [0, 0.05) is 127 Å². The summed E-state index contributed by atoms with van der Waals surface area (Å²) in [7, 11) is 0. The van der Waals surface area contributed by atoms with E-state index in [0.29, 0.717) is 81.2 Å². The van der Waals surface area contributed by atoms with E-state index in [1.165, 1.54) is 50.8 Å². The van der Waals surface area contributed by atoms with Crippen LogP contribution in [0.1, 0.15) is 119 Å². The molecule has 3 amide bonds. The van der Waals surface area contributed by atoms with E-state index >= 15 is 0 Å². The lowest BCUT2D eigenvalue weighted by molar-refractivity contribution is -0.133. The molecule has 0 saturated carbocycles. The number of thiazole rings is 1. The van der Waals surface area contributed by atoms with E-state index in [0.717, 1.165) is 129 Å². The van der Waals surface area contributed by atoms with Crippen LogP contribution in [0.2, 0.25) is 5.02 Å². The molecule has 0 unspecified atom stereocenters. The van der Waals surface area contributed by atoms with Crippen LogP contribution in [-0.2, 0) is 37.0 Å². The number of ether oxygens (including phenoxy) is 1. The Morgan fingerprint density at radius 3 is 2.43 bits per heavy atom. The van der Waals surface area contributed by atoms with Crippen molar-refractivity contribution in [2.75, 3.05) is 92.4 Å². The number of hydrogen-bond donors (Lipinski definition) is 4. The largest absolute Gasteiger partial charge is 0.478 e. The summed E-state index contributed by atoms with van der Waals surface area (Å²) in [6.45, 7) is 10.6. The van der Waals surface area contributed by atoms with Gasteiger partial charge in [-0.2, -0.15) is 0 Å². The maximum Gasteiger partial charge on any atom is 0.336 e. The van der Waals surface area contributed by atoms with Gasteiger partial charge in [0.15, 0.2) is 5.13 Å². The van der Waals surface area contributed by atoms with Crippen LogP contribution in [0.15, 0.2) is 90.2 Å². The first-order valence-corrected chi connectivity index (χ1v) is 31.7. The lowest BCUT2D eigenvalue weighted by Crippen LogP contribution is -2.51. The predicted octanol–water partition coefficient (Wildman–Crippen LogP) is 9.64. The average Bonchev–Trinajstić information content (AvgIpc) is 0.863. The van der Waals surface area contributed by atoms with Crippen LogP contribution in [0.5, 0.6) is 11.5 Å². The first-order valence-electron chi connectivity index (χ1n) is 30.5. The Kier molecular flexibility index (Phi) is 16.6. The number of halogens is 1. The number of azide groups is 1. The van der Waals surface area contributed by atoms with Crippen molar-refractivity contribution in [3.05, 3.63) is 177 Å². The van der Waals surface area contributed by atoms with Crippen LogP contribution in [0.3, 0.4) is 0 Å². The van der Waals surface area contributed by atoms with Crippen LogP contribution in [0.25, 0.3) is 16.0 Å². The smallest absolute Gasteiger partial charge is 0.336 e. The van der Waals surface area contributed by atoms with Gasteiger partial charge in [0.25, 0.3) is 11.8 Å². The number of nitrogens with zero attached hydrogens (tertiary/aromatic N) is 11. The molecular weight excluding hydrogens is 1150 g/mol. The van der Waals surface area contributed by atoms with Gasteiger partial charge in [-0.25, -0.2) is 24.3 Å². The number of carbonyl (C=O) groups excluding carboxylic acids is 3. The molecule has 0 radical (unpaired) electrons. The topological polar surface area (TPSA) is 237 Å². The number of carboxylic acid groups (broad SMARTS) is 1. The third-order valence-electron chi connectivity index (χ3n) is 17.8. The molecule has 20 nitrogen and oxygen atoms in total. The number of aromatic carboxylic acids is 1. The SMILES string of the molecule is Cc1nc(Nc2ncc(C(=O)Nc3c(C)cccc3Cl)s2)cc(N2CCN(CC(=O)N(CCNC(=O)c3ccc(C(=O)O)c(C4=c5cc6c7c(c5Oc5c4cc4c8c5CCCN8CCCC4)CCC[N+]=7CCCC6)c3)Cc3ccc(N=[N+]=[N-])cc3)CC2)n1. The molecule has 0 spiro atoms. The summed E-state index contributed by atoms with van der Waals surface area (Å²) in [4.78, 5) is 81.4. The number of carbonyl (C=O) groups is 4. The first-order chi connectivity index (χ1) is 42.8. The summed E-state index contributed by atoms with van der Waals surface area (Å²) in [5.41, 5.74) is 20.5. The van der Waals surface area contributed by atoms with Gasteiger partial charge in [-0.05, 0) is 129 Å². The fourth-order valence-corrected chi connectivity index (χ4v) is 14.5. The Bertz CT molecular complexity index is 4140. The number of fused-ring (bicyclic) bond motifs is 4. The highest BCUT2D eigenvalue weighted by Crippen LogP contribution is 2.49. The number of aromatic nitrogens is 3. The number of aryl methyl sites for hydroxylation is 4. The number of anilines is 5. The molecule has 7 aromatic rings.